The summed E-state index contributed by atoms with van der Waals surface area (Å²) in [6.07, 6.45) is 0.143. The fourth-order valence-corrected chi connectivity index (χ4v) is 1.68. The topological polar surface area (TPSA) is 78.8 Å². The van der Waals surface area contributed by atoms with Crippen molar-refractivity contribution in [1.82, 2.24) is 20.2 Å². The minimum Gasteiger partial charge on any atom is -0.399 e. The average Bonchev–Trinajstić information content (AvgIpc) is 2.75. The van der Waals surface area contributed by atoms with Gasteiger partial charge in [-0.1, -0.05) is 0 Å². The van der Waals surface area contributed by atoms with E-state index in [0.29, 0.717) is 30.2 Å². The summed E-state index contributed by atoms with van der Waals surface area (Å²) >= 11 is 0. The van der Waals surface area contributed by atoms with Crippen LogP contribution in [0.5, 0.6) is 0 Å². The largest absolute Gasteiger partial charge is 0.399 e. The zero-order chi connectivity index (χ0) is 13.8. The van der Waals surface area contributed by atoms with E-state index in [9.17, 15) is 4.39 Å². The molecule has 2 rings (SSSR count). The molecule has 0 spiro atoms. The molecule has 1 heterocycles. The highest BCUT2D eigenvalue weighted by atomic mass is 19.1. The van der Waals surface area contributed by atoms with Crippen molar-refractivity contribution >= 4 is 5.69 Å². The summed E-state index contributed by atoms with van der Waals surface area (Å²) in [5.74, 6) is 0.0570. The van der Waals surface area contributed by atoms with Crippen LogP contribution >= 0.6 is 0 Å². The summed E-state index contributed by atoms with van der Waals surface area (Å²) in [5, 5.41) is 11.4. The molecule has 7 heteroatoms. The van der Waals surface area contributed by atoms with E-state index in [0.717, 1.165) is 0 Å². The third-order valence-corrected chi connectivity index (χ3v) is 2.46. The molecule has 0 amide bonds. The van der Waals surface area contributed by atoms with Crippen molar-refractivity contribution in [2.24, 2.45) is 0 Å². The maximum absolute atomic E-state index is 13.3. The maximum atomic E-state index is 13.3. The van der Waals surface area contributed by atoms with Gasteiger partial charge in [-0.25, -0.2) is 9.07 Å². The molecule has 0 aliphatic rings. The summed E-state index contributed by atoms with van der Waals surface area (Å²) < 4.78 is 20.3. The van der Waals surface area contributed by atoms with Crippen LogP contribution in [0.3, 0.4) is 0 Å². The van der Waals surface area contributed by atoms with Crippen LogP contribution in [-0.2, 0) is 11.3 Å². The van der Waals surface area contributed by atoms with Crippen molar-refractivity contribution in [3.05, 3.63) is 24.0 Å². The van der Waals surface area contributed by atoms with Gasteiger partial charge in [-0.3, -0.25) is 0 Å². The second-order valence-corrected chi connectivity index (χ2v) is 4.42. The Labute approximate surface area is 110 Å². The number of benzene rings is 1. The molecule has 0 unspecified atom stereocenters. The normalized spacial score (nSPS) is 11.2. The lowest BCUT2D eigenvalue weighted by Crippen LogP contribution is -2.12. The molecule has 0 saturated carbocycles. The number of nitrogen functional groups attached to an aromatic ring is 1. The Morgan fingerprint density at radius 1 is 1.37 bits per heavy atom. The van der Waals surface area contributed by atoms with Gasteiger partial charge in [0.1, 0.15) is 5.82 Å². The number of aromatic nitrogens is 4. The quantitative estimate of drug-likeness (QED) is 0.828. The van der Waals surface area contributed by atoms with Crippen LogP contribution in [0.2, 0.25) is 0 Å². The number of hydrogen-bond donors (Lipinski definition) is 1. The first-order valence-corrected chi connectivity index (χ1v) is 6.00. The summed E-state index contributed by atoms with van der Waals surface area (Å²) in [6, 6.07) is 4.23. The zero-order valence-corrected chi connectivity index (χ0v) is 10.9. The Balaban J connectivity index is 2.18. The van der Waals surface area contributed by atoms with Crippen LogP contribution in [-0.4, -0.2) is 32.9 Å². The monoisotopic (exact) mass is 265 g/mol. The molecular formula is C12H16FN5O. The minimum absolute atomic E-state index is 0.143. The maximum Gasteiger partial charge on any atom is 0.182 e. The molecule has 0 atom stereocenters. The van der Waals surface area contributed by atoms with Gasteiger partial charge >= 0.3 is 0 Å². The molecular weight excluding hydrogens is 249 g/mol. The van der Waals surface area contributed by atoms with Gasteiger partial charge in [0, 0.05) is 11.3 Å². The van der Waals surface area contributed by atoms with Crippen molar-refractivity contribution in [2.75, 3.05) is 12.3 Å². The van der Waals surface area contributed by atoms with Gasteiger partial charge in [0.2, 0.25) is 0 Å². The third kappa shape index (κ3) is 3.47. The van der Waals surface area contributed by atoms with E-state index < -0.39 is 5.82 Å². The Bertz CT molecular complexity index is 535. The highest BCUT2D eigenvalue weighted by molar-refractivity contribution is 5.61. The van der Waals surface area contributed by atoms with Gasteiger partial charge in [-0.2, -0.15) is 0 Å². The second-order valence-electron chi connectivity index (χ2n) is 4.42. The summed E-state index contributed by atoms with van der Waals surface area (Å²) in [4.78, 5) is 0. The first kappa shape index (κ1) is 13.4. The first-order valence-electron chi connectivity index (χ1n) is 6.00. The van der Waals surface area contributed by atoms with E-state index in [1.54, 1.807) is 10.7 Å². The molecule has 1 aromatic heterocycles. The molecule has 2 N–H and O–H groups in total. The van der Waals surface area contributed by atoms with Gasteiger partial charge < -0.3 is 10.5 Å². The van der Waals surface area contributed by atoms with Gasteiger partial charge in [-0.15, -0.1) is 5.10 Å². The molecule has 0 aliphatic carbocycles. The fraction of sp³-hybridized carbons (Fsp3) is 0.417. The highest BCUT2D eigenvalue weighted by Gasteiger charge is 2.10. The average molecular weight is 265 g/mol. The first-order chi connectivity index (χ1) is 9.06. The van der Waals surface area contributed by atoms with Crippen molar-refractivity contribution in [2.45, 2.75) is 26.5 Å². The van der Waals surface area contributed by atoms with Crippen molar-refractivity contribution in [3.63, 3.8) is 0 Å². The van der Waals surface area contributed by atoms with Crippen LogP contribution in [0.15, 0.2) is 18.2 Å². The van der Waals surface area contributed by atoms with E-state index in [-0.39, 0.29) is 6.10 Å². The summed E-state index contributed by atoms with van der Waals surface area (Å²) in [7, 11) is 0. The summed E-state index contributed by atoms with van der Waals surface area (Å²) in [6.45, 7) is 4.89. The van der Waals surface area contributed by atoms with E-state index in [2.05, 4.69) is 15.5 Å². The number of nitrogens with two attached hydrogens (primary N) is 1. The van der Waals surface area contributed by atoms with Crippen LogP contribution in [0, 0.1) is 5.82 Å². The Hall–Kier alpha value is -2.02. The molecule has 0 bridgehead atoms. The lowest BCUT2D eigenvalue weighted by atomic mass is 10.2. The second kappa shape index (κ2) is 5.75. The van der Waals surface area contributed by atoms with Crippen molar-refractivity contribution in [1.29, 1.82) is 0 Å². The lowest BCUT2D eigenvalue weighted by Gasteiger charge is -2.08. The SMILES string of the molecule is CC(C)OCCn1nnnc1-c1cc(N)cc(F)c1. The molecule has 0 saturated heterocycles. The van der Waals surface area contributed by atoms with Gasteiger partial charge in [0.05, 0.1) is 19.3 Å². The molecule has 19 heavy (non-hydrogen) atoms. The van der Waals surface area contributed by atoms with Crippen LogP contribution in [0.4, 0.5) is 10.1 Å². The smallest absolute Gasteiger partial charge is 0.182 e. The standard InChI is InChI=1S/C12H16FN5O/c1-8(2)19-4-3-18-12(15-16-17-18)9-5-10(13)7-11(14)6-9/h5-8H,3-4,14H2,1-2H3. The molecule has 102 valence electrons. The third-order valence-electron chi connectivity index (χ3n) is 2.46. The molecule has 0 fully saturated rings. The van der Waals surface area contributed by atoms with E-state index in [1.807, 2.05) is 13.8 Å². The van der Waals surface area contributed by atoms with Gasteiger partial charge in [-0.05, 0) is 42.5 Å². The predicted molar refractivity (Wildman–Crippen MR) is 68.7 cm³/mol. The number of nitrogens with zero attached hydrogens (tertiary/aromatic N) is 4. The van der Waals surface area contributed by atoms with Gasteiger partial charge in [0.15, 0.2) is 5.82 Å². The number of anilines is 1. The van der Waals surface area contributed by atoms with Gasteiger partial charge in [0.25, 0.3) is 0 Å². The van der Waals surface area contributed by atoms with E-state index in [4.69, 9.17) is 10.5 Å². The molecule has 0 radical (unpaired) electrons. The van der Waals surface area contributed by atoms with Crippen molar-refractivity contribution < 1.29 is 9.13 Å². The number of hydrogen-bond acceptors (Lipinski definition) is 5. The number of tetrazole rings is 1. The van der Waals surface area contributed by atoms with E-state index >= 15 is 0 Å². The molecule has 1 aromatic carbocycles. The van der Waals surface area contributed by atoms with Crippen LogP contribution in [0.1, 0.15) is 13.8 Å². The van der Waals surface area contributed by atoms with Crippen molar-refractivity contribution in [3.8, 4) is 11.4 Å². The predicted octanol–water partition coefficient (Wildman–Crippen LogP) is 1.49. The summed E-state index contributed by atoms with van der Waals surface area (Å²) in [5.41, 5.74) is 6.50. The molecule has 6 nitrogen and oxygen atoms in total. The lowest BCUT2D eigenvalue weighted by molar-refractivity contribution is 0.0709. The Kier molecular flexibility index (Phi) is 4.06. The van der Waals surface area contributed by atoms with E-state index in [1.165, 1.54) is 12.1 Å². The number of halogens is 1. The van der Waals surface area contributed by atoms with Crippen LogP contribution in [0.25, 0.3) is 11.4 Å². The van der Waals surface area contributed by atoms with Crippen LogP contribution < -0.4 is 5.73 Å². The Morgan fingerprint density at radius 2 is 2.16 bits per heavy atom. The number of ether oxygens (including phenoxy) is 1. The fourth-order valence-electron chi connectivity index (χ4n) is 1.68. The zero-order valence-electron chi connectivity index (χ0n) is 10.9. The minimum atomic E-state index is -0.414. The number of rotatable bonds is 5. The Morgan fingerprint density at radius 3 is 2.84 bits per heavy atom. The molecule has 0 aliphatic heterocycles. The molecule has 2 aromatic rings. The highest BCUT2D eigenvalue weighted by Crippen LogP contribution is 2.20.